The number of hydrogen-bond acceptors (Lipinski definition) is 6. The van der Waals surface area contributed by atoms with E-state index in [-0.39, 0.29) is 17.9 Å². The number of aliphatic hydroxyl groups is 1. The number of ketones is 1. The van der Waals surface area contributed by atoms with Crippen LogP contribution in [0, 0.1) is 0 Å². The van der Waals surface area contributed by atoms with E-state index in [2.05, 4.69) is 23.7 Å². The first-order valence-corrected chi connectivity index (χ1v) is 12.5. The van der Waals surface area contributed by atoms with Crippen LogP contribution < -0.4 is 4.90 Å². The minimum atomic E-state index is -0.803. The summed E-state index contributed by atoms with van der Waals surface area (Å²) in [6.45, 7) is 6.05. The maximum absolute atomic E-state index is 13.8. The third-order valence-corrected chi connectivity index (χ3v) is 6.90. The number of furan rings is 1. The van der Waals surface area contributed by atoms with Crippen molar-refractivity contribution < 1.29 is 19.1 Å². The van der Waals surface area contributed by atoms with Gasteiger partial charge in [-0.05, 0) is 67.4 Å². The molecule has 37 heavy (non-hydrogen) atoms. The third-order valence-electron chi connectivity index (χ3n) is 6.66. The minimum Gasteiger partial charge on any atom is -0.503 e. The lowest BCUT2D eigenvalue weighted by atomic mass is 9.94. The van der Waals surface area contributed by atoms with Gasteiger partial charge < -0.3 is 19.3 Å². The highest BCUT2D eigenvalue weighted by molar-refractivity contribution is 6.31. The highest BCUT2D eigenvalue weighted by Gasteiger charge is 2.44. The van der Waals surface area contributed by atoms with Gasteiger partial charge in [-0.3, -0.25) is 14.6 Å². The van der Waals surface area contributed by atoms with Gasteiger partial charge in [0.15, 0.2) is 11.5 Å². The van der Waals surface area contributed by atoms with E-state index in [0.717, 1.165) is 24.3 Å². The molecule has 7 nitrogen and oxygen atoms in total. The molecule has 1 unspecified atom stereocenters. The van der Waals surface area contributed by atoms with Crippen LogP contribution in [0.15, 0.2) is 88.8 Å². The lowest BCUT2D eigenvalue weighted by Crippen LogP contribution is -2.30. The number of nitrogens with zero attached hydrogens (tertiary/aromatic N) is 3. The number of aromatic nitrogens is 1. The monoisotopic (exact) mass is 515 g/mol. The molecule has 0 saturated heterocycles. The standard InChI is InChI=1S/C29H26ClN3O4/c1-3-32(4-2)22-10-7-19(8-11-22)26-25(27(34)24-15-20-14-21(30)9-12-23(20)37-24)28(35)29(36)33(26)17-18-6-5-13-31-16-18/h5-16,26,35H,3-4,17H2,1-2H3. The first-order chi connectivity index (χ1) is 17.9. The minimum absolute atomic E-state index is 0.0189. The van der Waals surface area contributed by atoms with Crippen molar-refractivity contribution in [1.82, 2.24) is 9.88 Å². The Hall–Kier alpha value is -4.10. The molecule has 0 saturated carbocycles. The molecule has 0 aliphatic carbocycles. The first-order valence-electron chi connectivity index (χ1n) is 12.1. The largest absolute Gasteiger partial charge is 0.503 e. The van der Waals surface area contributed by atoms with Crippen molar-refractivity contribution in [3.63, 3.8) is 0 Å². The first kappa shape index (κ1) is 24.6. The van der Waals surface area contributed by atoms with Crippen molar-refractivity contribution in [3.05, 3.63) is 106 Å². The quantitative estimate of drug-likeness (QED) is 0.285. The maximum Gasteiger partial charge on any atom is 0.290 e. The number of aliphatic hydroxyl groups excluding tert-OH is 1. The molecule has 1 aliphatic heterocycles. The van der Waals surface area contributed by atoms with Gasteiger partial charge in [-0.2, -0.15) is 0 Å². The fourth-order valence-corrected chi connectivity index (χ4v) is 4.98. The average Bonchev–Trinajstić information content (AvgIpc) is 3.44. The molecule has 2 aromatic heterocycles. The van der Waals surface area contributed by atoms with Gasteiger partial charge >= 0.3 is 0 Å². The fraction of sp³-hybridized carbons (Fsp3) is 0.207. The number of carbonyl (C=O) groups excluding carboxylic acids is 2. The van der Waals surface area contributed by atoms with Gasteiger partial charge in [0.05, 0.1) is 11.6 Å². The number of halogens is 1. The summed E-state index contributed by atoms with van der Waals surface area (Å²) in [5.41, 5.74) is 2.99. The van der Waals surface area contributed by atoms with E-state index >= 15 is 0 Å². The summed E-state index contributed by atoms with van der Waals surface area (Å²) in [5, 5.41) is 12.2. The topological polar surface area (TPSA) is 86.9 Å². The Balaban J connectivity index is 1.58. The van der Waals surface area contributed by atoms with Crippen molar-refractivity contribution in [2.45, 2.75) is 26.4 Å². The van der Waals surface area contributed by atoms with Gasteiger partial charge in [-0.15, -0.1) is 0 Å². The molecule has 5 rings (SSSR count). The summed E-state index contributed by atoms with van der Waals surface area (Å²) < 4.78 is 5.80. The number of rotatable bonds is 8. The molecular formula is C29H26ClN3O4. The van der Waals surface area contributed by atoms with Crippen LogP contribution in [0.1, 0.15) is 41.6 Å². The fourth-order valence-electron chi connectivity index (χ4n) is 4.80. The van der Waals surface area contributed by atoms with E-state index < -0.39 is 23.5 Å². The summed E-state index contributed by atoms with van der Waals surface area (Å²) in [6, 6.07) is 17.2. The molecule has 1 amide bonds. The molecule has 0 spiro atoms. The van der Waals surface area contributed by atoms with E-state index in [9.17, 15) is 14.7 Å². The van der Waals surface area contributed by atoms with Crippen LogP contribution in [-0.4, -0.2) is 39.8 Å². The second-order valence-electron chi connectivity index (χ2n) is 8.84. The molecule has 1 N–H and O–H groups in total. The lowest BCUT2D eigenvalue weighted by molar-refractivity contribution is -0.130. The zero-order chi connectivity index (χ0) is 26.1. The van der Waals surface area contributed by atoms with Gasteiger partial charge in [0, 0.05) is 48.1 Å². The van der Waals surface area contributed by atoms with Crippen LogP contribution in [0.3, 0.4) is 0 Å². The number of carbonyl (C=O) groups is 2. The zero-order valence-corrected chi connectivity index (χ0v) is 21.3. The summed E-state index contributed by atoms with van der Waals surface area (Å²) in [4.78, 5) is 34.9. The van der Waals surface area contributed by atoms with Crippen LogP contribution in [-0.2, 0) is 11.3 Å². The highest BCUT2D eigenvalue weighted by Crippen LogP contribution is 2.41. The number of pyridine rings is 1. The van der Waals surface area contributed by atoms with E-state index in [1.54, 1.807) is 42.7 Å². The van der Waals surface area contributed by atoms with Crippen LogP contribution in [0.25, 0.3) is 11.0 Å². The van der Waals surface area contributed by atoms with Crippen LogP contribution in [0.5, 0.6) is 0 Å². The highest BCUT2D eigenvalue weighted by atomic mass is 35.5. The van der Waals surface area contributed by atoms with E-state index in [1.807, 2.05) is 30.3 Å². The number of fused-ring (bicyclic) bond motifs is 1. The predicted octanol–water partition coefficient (Wildman–Crippen LogP) is 6.11. The molecule has 0 fully saturated rings. The van der Waals surface area contributed by atoms with Gasteiger partial charge in [0.2, 0.25) is 5.78 Å². The van der Waals surface area contributed by atoms with Crippen LogP contribution >= 0.6 is 11.6 Å². The summed E-state index contributed by atoms with van der Waals surface area (Å²) in [7, 11) is 0. The van der Waals surface area contributed by atoms with Crippen molar-refractivity contribution in [3.8, 4) is 0 Å². The Labute approximate surface area is 219 Å². The lowest BCUT2D eigenvalue weighted by Gasteiger charge is -2.27. The molecule has 2 aromatic carbocycles. The molecule has 8 heteroatoms. The number of hydrogen-bond donors (Lipinski definition) is 1. The summed E-state index contributed by atoms with van der Waals surface area (Å²) in [6.07, 6.45) is 3.31. The van der Waals surface area contributed by atoms with Crippen molar-refractivity contribution in [2.24, 2.45) is 0 Å². The van der Waals surface area contributed by atoms with Crippen LogP contribution in [0.4, 0.5) is 5.69 Å². The number of benzene rings is 2. The molecule has 188 valence electrons. The Morgan fingerprint density at radius 3 is 2.54 bits per heavy atom. The molecule has 1 atom stereocenters. The number of amides is 1. The summed E-state index contributed by atoms with van der Waals surface area (Å²) >= 11 is 6.10. The SMILES string of the molecule is CCN(CC)c1ccc(C2C(C(=O)c3cc4cc(Cl)ccc4o3)=C(O)C(=O)N2Cc2cccnc2)cc1. The molecular weight excluding hydrogens is 490 g/mol. The predicted molar refractivity (Wildman–Crippen MR) is 143 cm³/mol. The second-order valence-corrected chi connectivity index (χ2v) is 9.28. The van der Waals surface area contributed by atoms with Gasteiger partial charge in [-0.25, -0.2) is 0 Å². The average molecular weight is 516 g/mol. The van der Waals surface area contributed by atoms with E-state index in [4.69, 9.17) is 16.0 Å². The van der Waals surface area contributed by atoms with Gasteiger partial charge in [-0.1, -0.05) is 29.8 Å². The zero-order valence-electron chi connectivity index (χ0n) is 20.5. The molecule has 4 aromatic rings. The number of Topliss-reactive ketones (excluding diaryl/α,β-unsaturated/α-hetero) is 1. The molecule has 0 bridgehead atoms. The van der Waals surface area contributed by atoms with Gasteiger partial charge in [0.25, 0.3) is 5.91 Å². The van der Waals surface area contributed by atoms with E-state index in [1.165, 1.54) is 4.90 Å². The Morgan fingerprint density at radius 1 is 1.11 bits per heavy atom. The molecule has 1 aliphatic rings. The third kappa shape index (κ3) is 4.58. The van der Waals surface area contributed by atoms with E-state index in [0.29, 0.717) is 21.6 Å². The smallest absolute Gasteiger partial charge is 0.290 e. The molecule has 0 radical (unpaired) electrons. The van der Waals surface area contributed by atoms with Crippen molar-refractivity contribution >= 4 is 39.9 Å². The Bertz CT molecular complexity index is 1490. The Kier molecular flexibility index (Phi) is 6.72. The number of anilines is 1. The second kappa shape index (κ2) is 10.1. The normalized spacial score (nSPS) is 15.6. The summed E-state index contributed by atoms with van der Waals surface area (Å²) in [5.74, 6) is -1.72. The van der Waals surface area contributed by atoms with Crippen LogP contribution in [0.2, 0.25) is 5.02 Å². The maximum atomic E-state index is 13.8. The molecule has 3 heterocycles. The van der Waals surface area contributed by atoms with Crippen molar-refractivity contribution in [1.29, 1.82) is 0 Å². The van der Waals surface area contributed by atoms with Gasteiger partial charge in [0.1, 0.15) is 5.58 Å². The Morgan fingerprint density at radius 2 is 1.86 bits per heavy atom. The van der Waals surface area contributed by atoms with Crippen molar-refractivity contribution in [2.75, 3.05) is 18.0 Å².